The molecule has 0 spiro atoms. The van der Waals surface area contributed by atoms with Gasteiger partial charge in [0.05, 0.1) is 18.5 Å². The zero-order valence-corrected chi connectivity index (χ0v) is 12.8. The number of carboxylic acid groups (broad SMARTS) is 2. The average Bonchev–Trinajstić information content (AvgIpc) is 2.47. The average molecular weight is 307 g/mol. The third-order valence-electron chi connectivity index (χ3n) is 3.45. The molecule has 0 saturated carbocycles. The standard InChI is InChI=1S/C16H20O6/c1-4-9-10(5-2)12(22-6-3)8-7-11(9)13(15(18)19)14(17)16(20)21/h7-8,13H,4-6H2,1-3H3,(H,18,19)(H,20,21)/p-1. The van der Waals surface area contributed by atoms with Crippen LogP contribution in [-0.4, -0.2) is 29.4 Å². The first kappa shape index (κ1) is 17.7. The number of carbonyl (C=O) groups is 3. The number of hydrogen-bond acceptors (Lipinski definition) is 5. The number of ether oxygens (including phenoxy) is 1. The van der Waals surface area contributed by atoms with Crippen LogP contribution in [0.1, 0.15) is 43.4 Å². The molecular weight excluding hydrogens is 288 g/mol. The molecule has 6 nitrogen and oxygen atoms in total. The number of aliphatic carboxylic acids is 2. The second-order valence-electron chi connectivity index (χ2n) is 4.67. The predicted molar refractivity (Wildman–Crippen MR) is 76.8 cm³/mol. The Hall–Kier alpha value is -2.37. The maximum atomic E-state index is 11.7. The minimum Gasteiger partial charge on any atom is -0.549 e. The molecule has 120 valence electrons. The van der Waals surface area contributed by atoms with Gasteiger partial charge in [-0.25, -0.2) is 4.79 Å². The van der Waals surface area contributed by atoms with Gasteiger partial charge in [0.25, 0.3) is 5.78 Å². The van der Waals surface area contributed by atoms with E-state index in [-0.39, 0.29) is 5.56 Å². The number of carboxylic acids is 2. The van der Waals surface area contributed by atoms with Crippen molar-refractivity contribution in [2.24, 2.45) is 0 Å². The first-order valence-corrected chi connectivity index (χ1v) is 7.14. The molecule has 1 aromatic rings. The van der Waals surface area contributed by atoms with E-state index in [0.717, 1.165) is 5.56 Å². The van der Waals surface area contributed by atoms with Crippen molar-refractivity contribution in [3.63, 3.8) is 0 Å². The van der Waals surface area contributed by atoms with Gasteiger partial charge >= 0.3 is 5.97 Å². The summed E-state index contributed by atoms with van der Waals surface area (Å²) < 4.78 is 5.51. The molecule has 0 radical (unpaired) electrons. The topological polar surface area (TPSA) is 104 Å². The van der Waals surface area contributed by atoms with E-state index >= 15 is 0 Å². The van der Waals surface area contributed by atoms with Gasteiger partial charge in [0.2, 0.25) is 0 Å². The van der Waals surface area contributed by atoms with Crippen LogP contribution in [0.25, 0.3) is 0 Å². The maximum Gasteiger partial charge on any atom is 0.373 e. The molecular formula is C16H19O6-. The summed E-state index contributed by atoms with van der Waals surface area (Å²) in [6, 6.07) is 3.01. The molecule has 0 aromatic heterocycles. The molecule has 0 bridgehead atoms. The highest BCUT2D eigenvalue weighted by Crippen LogP contribution is 2.31. The Bertz CT molecular complexity index is 591. The highest BCUT2D eigenvalue weighted by atomic mass is 16.5. The van der Waals surface area contributed by atoms with Crippen molar-refractivity contribution in [2.45, 2.75) is 39.5 Å². The molecule has 22 heavy (non-hydrogen) atoms. The van der Waals surface area contributed by atoms with Gasteiger partial charge in [0.1, 0.15) is 5.75 Å². The molecule has 1 unspecified atom stereocenters. The second-order valence-corrected chi connectivity index (χ2v) is 4.67. The van der Waals surface area contributed by atoms with Gasteiger partial charge in [-0.3, -0.25) is 4.79 Å². The van der Waals surface area contributed by atoms with Crippen LogP contribution in [-0.2, 0) is 27.2 Å². The van der Waals surface area contributed by atoms with Gasteiger partial charge in [0.15, 0.2) is 0 Å². The molecule has 0 saturated heterocycles. The van der Waals surface area contributed by atoms with Gasteiger partial charge in [0, 0.05) is 0 Å². The second kappa shape index (κ2) is 7.59. The molecule has 0 amide bonds. The van der Waals surface area contributed by atoms with Crippen LogP contribution < -0.4 is 9.84 Å². The molecule has 0 aliphatic heterocycles. The van der Waals surface area contributed by atoms with Crippen LogP contribution in [0.3, 0.4) is 0 Å². The summed E-state index contributed by atoms with van der Waals surface area (Å²) in [7, 11) is 0. The number of Topliss-reactive ketones (excluding diaryl/α,β-unsaturated/α-hetero) is 1. The van der Waals surface area contributed by atoms with Crippen LogP contribution in [0.4, 0.5) is 0 Å². The van der Waals surface area contributed by atoms with Crippen LogP contribution in [0.5, 0.6) is 5.75 Å². The smallest absolute Gasteiger partial charge is 0.373 e. The third kappa shape index (κ3) is 3.44. The van der Waals surface area contributed by atoms with Gasteiger partial charge < -0.3 is 19.7 Å². The first-order valence-electron chi connectivity index (χ1n) is 7.14. The Kier molecular flexibility index (Phi) is 6.10. The number of ketones is 1. The minimum atomic E-state index is -1.81. The number of rotatable bonds is 8. The van der Waals surface area contributed by atoms with Crippen LogP contribution in [0, 0.1) is 0 Å². The summed E-state index contributed by atoms with van der Waals surface area (Å²) in [4.78, 5) is 33.9. The Morgan fingerprint density at radius 2 is 1.73 bits per heavy atom. The zero-order valence-electron chi connectivity index (χ0n) is 12.8. The van der Waals surface area contributed by atoms with Crippen LogP contribution in [0.2, 0.25) is 0 Å². The normalized spacial score (nSPS) is 11.8. The Morgan fingerprint density at radius 1 is 1.14 bits per heavy atom. The summed E-state index contributed by atoms with van der Waals surface area (Å²) in [5, 5.41) is 20.1. The summed E-state index contributed by atoms with van der Waals surface area (Å²) in [5.74, 6) is -6.10. The van der Waals surface area contributed by atoms with Crippen molar-refractivity contribution < 1.29 is 29.3 Å². The molecule has 1 aromatic carbocycles. The summed E-state index contributed by atoms with van der Waals surface area (Å²) in [5.41, 5.74) is 1.57. The lowest BCUT2D eigenvalue weighted by atomic mass is 9.86. The number of benzene rings is 1. The summed E-state index contributed by atoms with van der Waals surface area (Å²) in [6.45, 7) is 5.98. The van der Waals surface area contributed by atoms with Crippen LogP contribution >= 0.6 is 0 Å². The molecule has 6 heteroatoms. The van der Waals surface area contributed by atoms with E-state index in [1.807, 2.05) is 20.8 Å². The van der Waals surface area contributed by atoms with Crippen molar-refractivity contribution in [2.75, 3.05) is 6.61 Å². The van der Waals surface area contributed by atoms with E-state index in [9.17, 15) is 19.5 Å². The SMILES string of the molecule is CCOc1ccc(C(C(=O)[O-])C(=O)C(=O)O)c(CC)c1CC. The predicted octanol–water partition coefficient (Wildman–Crippen LogP) is 0.697. The maximum absolute atomic E-state index is 11.7. The van der Waals surface area contributed by atoms with E-state index in [4.69, 9.17) is 9.84 Å². The first-order chi connectivity index (χ1) is 10.4. The molecule has 1 N–H and O–H groups in total. The van der Waals surface area contributed by atoms with E-state index in [0.29, 0.717) is 30.8 Å². The lowest BCUT2D eigenvalue weighted by Gasteiger charge is -2.22. The quantitative estimate of drug-likeness (QED) is 0.560. The Morgan fingerprint density at radius 3 is 2.14 bits per heavy atom. The zero-order chi connectivity index (χ0) is 16.9. The fraction of sp³-hybridized carbons (Fsp3) is 0.438. The summed E-state index contributed by atoms with van der Waals surface area (Å²) >= 11 is 0. The van der Waals surface area contributed by atoms with Gasteiger partial charge in [-0.15, -0.1) is 0 Å². The van der Waals surface area contributed by atoms with Gasteiger partial charge in [-0.1, -0.05) is 19.9 Å². The number of carbonyl (C=O) groups excluding carboxylic acids is 2. The van der Waals surface area contributed by atoms with E-state index < -0.39 is 23.6 Å². The van der Waals surface area contributed by atoms with Crippen molar-refractivity contribution in [1.29, 1.82) is 0 Å². The lowest BCUT2D eigenvalue weighted by Crippen LogP contribution is -2.38. The molecule has 0 aliphatic carbocycles. The molecule has 0 fully saturated rings. The minimum absolute atomic E-state index is 0.162. The van der Waals surface area contributed by atoms with Crippen molar-refractivity contribution in [3.8, 4) is 5.75 Å². The summed E-state index contributed by atoms with van der Waals surface area (Å²) in [6.07, 6.45) is 1.03. The Labute approximate surface area is 128 Å². The van der Waals surface area contributed by atoms with Gasteiger partial charge in [-0.2, -0.15) is 0 Å². The van der Waals surface area contributed by atoms with Crippen molar-refractivity contribution in [1.82, 2.24) is 0 Å². The largest absolute Gasteiger partial charge is 0.549 e. The highest BCUT2D eigenvalue weighted by Gasteiger charge is 2.30. The van der Waals surface area contributed by atoms with E-state index in [1.54, 1.807) is 6.07 Å². The molecule has 1 atom stereocenters. The fourth-order valence-corrected chi connectivity index (χ4v) is 2.55. The van der Waals surface area contributed by atoms with Crippen LogP contribution in [0.15, 0.2) is 12.1 Å². The molecule has 1 rings (SSSR count). The Balaban J connectivity index is 3.53. The monoisotopic (exact) mass is 307 g/mol. The van der Waals surface area contributed by atoms with E-state index in [2.05, 4.69) is 0 Å². The highest BCUT2D eigenvalue weighted by molar-refractivity contribution is 6.38. The van der Waals surface area contributed by atoms with Crippen molar-refractivity contribution >= 4 is 17.7 Å². The fourth-order valence-electron chi connectivity index (χ4n) is 2.55. The lowest BCUT2D eigenvalue weighted by molar-refractivity contribution is -0.306. The molecule has 0 aliphatic rings. The van der Waals surface area contributed by atoms with Gasteiger partial charge in [-0.05, 0) is 42.5 Å². The van der Waals surface area contributed by atoms with E-state index in [1.165, 1.54) is 6.07 Å². The third-order valence-corrected chi connectivity index (χ3v) is 3.45. The number of hydrogen-bond donors (Lipinski definition) is 1. The molecule has 0 heterocycles. The van der Waals surface area contributed by atoms with Crippen molar-refractivity contribution in [3.05, 3.63) is 28.8 Å².